The van der Waals surface area contributed by atoms with Crippen LogP contribution in [0.1, 0.15) is 13.8 Å². The average Bonchev–Trinajstić information content (AvgIpc) is 2.36. The summed E-state index contributed by atoms with van der Waals surface area (Å²) in [6.45, 7) is 3.12. The molecule has 0 aliphatic rings. The molecule has 0 unspecified atom stereocenters. The van der Waals surface area contributed by atoms with Gasteiger partial charge in [-0.25, -0.2) is 0 Å². The number of para-hydroxylation sites is 2. The van der Waals surface area contributed by atoms with Crippen molar-refractivity contribution in [3.8, 4) is 5.75 Å². The van der Waals surface area contributed by atoms with Gasteiger partial charge in [0.25, 0.3) is 5.91 Å². The third-order valence-electron chi connectivity index (χ3n) is 2.20. The van der Waals surface area contributed by atoms with Gasteiger partial charge in [0, 0.05) is 0 Å². The summed E-state index contributed by atoms with van der Waals surface area (Å²) in [6, 6.07) is 7.02. The van der Waals surface area contributed by atoms with E-state index in [2.05, 4.69) is 5.32 Å². The number of hydrogen-bond acceptors (Lipinski definition) is 4. The van der Waals surface area contributed by atoms with Crippen molar-refractivity contribution < 1.29 is 19.1 Å². The van der Waals surface area contributed by atoms with E-state index in [1.54, 1.807) is 38.1 Å². The van der Waals surface area contributed by atoms with Crippen LogP contribution in [-0.4, -0.2) is 25.6 Å². The van der Waals surface area contributed by atoms with E-state index in [4.69, 9.17) is 9.47 Å². The first kappa shape index (κ1) is 14.0. The van der Waals surface area contributed by atoms with Crippen molar-refractivity contribution in [2.45, 2.75) is 13.8 Å². The third kappa shape index (κ3) is 4.08. The normalized spacial score (nSPS) is 10.0. The molecule has 1 rings (SSSR count). The first-order valence-electron chi connectivity index (χ1n) is 5.64. The van der Waals surface area contributed by atoms with Gasteiger partial charge in [0.2, 0.25) is 0 Å². The lowest BCUT2D eigenvalue weighted by Gasteiger charge is -2.10. The molecule has 0 atom stereocenters. The number of carbonyl (C=O) groups excluding carboxylic acids is 2. The Morgan fingerprint density at radius 3 is 2.56 bits per heavy atom. The first-order chi connectivity index (χ1) is 8.54. The Balaban J connectivity index is 2.52. The highest BCUT2D eigenvalue weighted by molar-refractivity contribution is 5.94. The van der Waals surface area contributed by atoms with Gasteiger partial charge in [-0.05, 0) is 12.1 Å². The standard InChI is InChI=1S/C13H17NO4/c1-9(2)13(16)18-8-12(15)14-10-6-4-5-7-11(10)17-3/h4-7,9H,8H2,1-3H3,(H,14,15). The van der Waals surface area contributed by atoms with Gasteiger partial charge < -0.3 is 14.8 Å². The number of esters is 1. The Kier molecular flexibility index (Phi) is 5.17. The summed E-state index contributed by atoms with van der Waals surface area (Å²) in [4.78, 5) is 22.8. The second-order valence-corrected chi connectivity index (χ2v) is 4.01. The lowest BCUT2D eigenvalue weighted by molar-refractivity contribution is -0.150. The van der Waals surface area contributed by atoms with E-state index in [1.165, 1.54) is 7.11 Å². The van der Waals surface area contributed by atoms with Crippen LogP contribution in [0.15, 0.2) is 24.3 Å². The zero-order valence-corrected chi connectivity index (χ0v) is 10.7. The van der Waals surface area contributed by atoms with E-state index < -0.39 is 11.9 Å². The molecule has 0 heterocycles. The number of benzene rings is 1. The lowest BCUT2D eigenvalue weighted by atomic mass is 10.2. The molecule has 0 spiro atoms. The molecule has 0 fully saturated rings. The Bertz CT molecular complexity index is 429. The summed E-state index contributed by atoms with van der Waals surface area (Å²) in [6.07, 6.45) is 0. The fraction of sp³-hybridized carbons (Fsp3) is 0.385. The molecule has 18 heavy (non-hydrogen) atoms. The fourth-order valence-electron chi connectivity index (χ4n) is 1.24. The molecule has 1 amide bonds. The van der Waals surface area contributed by atoms with Gasteiger partial charge in [-0.1, -0.05) is 26.0 Å². The van der Waals surface area contributed by atoms with E-state index in [9.17, 15) is 9.59 Å². The number of methoxy groups -OCH3 is 1. The molecule has 0 aliphatic carbocycles. The minimum Gasteiger partial charge on any atom is -0.495 e. The van der Waals surface area contributed by atoms with Gasteiger partial charge in [0.15, 0.2) is 6.61 Å². The SMILES string of the molecule is COc1ccccc1NC(=O)COC(=O)C(C)C. The zero-order chi connectivity index (χ0) is 13.5. The van der Waals surface area contributed by atoms with Crippen molar-refractivity contribution in [2.75, 3.05) is 19.0 Å². The van der Waals surface area contributed by atoms with Crippen LogP contribution in [0, 0.1) is 5.92 Å². The lowest BCUT2D eigenvalue weighted by Crippen LogP contribution is -2.23. The Morgan fingerprint density at radius 2 is 1.94 bits per heavy atom. The quantitative estimate of drug-likeness (QED) is 0.811. The topological polar surface area (TPSA) is 64.6 Å². The van der Waals surface area contributed by atoms with Crippen LogP contribution in [0.5, 0.6) is 5.75 Å². The van der Waals surface area contributed by atoms with E-state index in [0.29, 0.717) is 11.4 Å². The molecule has 1 N–H and O–H groups in total. The minimum atomic E-state index is -0.398. The number of anilines is 1. The molecule has 0 saturated carbocycles. The van der Waals surface area contributed by atoms with Crippen LogP contribution in [0.4, 0.5) is 5.69 Å². The number of amides is 1. The highest BCUT2D eigenvalue weighted by atomic mass is 16.5. The van der Waals surface area contributed by atoms with Crippen molar-refractivity contribution in [1.82, 2.24) is 0 Å². The minimum absolute atomic E-state index is 0.246. The van der Waals surface area contributed by atoms with Gasteiger partial charge in [-0.2, -0.15) is 0 Å². The van der Waals surface area contributed by atoms with Crippen molar-refractivity contribution in [3.63, 3.8) is 0 Å². The summed E-state index contributed by atoms with van der Waals surface area (Å²) in [5.74, 6) is -0.483. The van der Waals surface area contributed by atoms with Gasteiger partial charge in [-0.3, -0.25) is 9.59 Å². The monoisotopic (exact) mass is 251 g/mol. The van der Waals surface area contributed by atoms with Crippen LogP contribution >= 0.6 is 0 Å². The van der Waals surface area contributed by atoms with E-state index in [1.807, 2.05) is 0 Å². The summed E-state index contributed by atoms with van der Waals surface area (Å²) in [7, 11) is 1.52. The fourth-order valence-corrected chi connectivity index (χ4v) is 1.24. The average molecular weight is 251 g/mol. The van der Waals surface area contributed by atoms with Gasteiger partial charge in [0.1, 0.15) is 5.75 Å². The second-order valence-electron chi connectivity index (χ2n) is 4.01. The van der Waals surface area contributed by atoms with E-state index in [-0.39, 0.29) is 12.5 Å². The number of nitrogens with one attached hydrogen (secondary N) is 1. The maximum Gasteiger partial charge on any atom is 0.308 e. The van der Waals surface area contributed by atoms with Crippen LogP contribution < -0.4 is 10.1 Å². The summed E-state index contributed by atoms with van der Waals surface area (Å²) in [5, 5.41) is 2.61. The molecule has 1 aromatic carbocycles. The number of ether oxygens (including phenoxy) is 2. The zero-order valence-electron chi connectivity index (χ0n) is 10.7. The molecule has 0 bridgehead atoms. The second kappa shape index (κ2) is 6.64. The number of rotatable bonds is 5. The maximum atomic E-state index is 11.6. The highest BCUT2D eigenvalue weighted by Crippen LogP contribution is 2.22. The maximum absolute atomic E-state index is 11.6. The van der Waals surface area contributed by atoms with Gasteiger partial charge in [-0.15, -0.1) is 0 Å². The Labute approximate surface area is 106 Å². The highest BCUT2D eigenvalue weighted by Gasteiger charge is 2.12. The largest absolute Gasteiger partial charge is 0.495 e. The molecule has 0 aromatic heterocycles. The molecule has 5 nitrogen and oxygen atoms in total. The summed E-state index contributed by atoms with van der Waals surface area (Å²) < 4.78 is 9.91. The molecule has 0 saturated heterocycles. The number of carbonyl (C=O) groups is 2. The Hall–Kier alpha value is -2.04. The smallest absolute Gasteiger partial charge is 0.308 e. The molecule has 0 radical (unpaired) electrons. The summed E-state index contributed by atoms with van der Waals surface area (Å²) >= 11 is 0. The molecule has 1 aromatic rings. The van der Waals surface area contributed by atoms with Crippen LogP contribution in [-0.2, 0) is 14.3 Å². The predicted molar refractivity (Wildman–Crippen MR) is 67.4 cm³/mol. The molecule has 0 aliphatic heterocycles. The first-order valence-corrected chi connectivity index (χ1v) is 5.64. The Morgan fingerprint density at radius 1 is 1.28 bits per heavy atom. The van der Waals surface area contributed by atoms with Crippen LogP contribution in [0.2, 0.25) is 0 Å². The molecular formula is C13H17NO4. The van der Waals surface area contributed by atoms with Crippen molar-refractivity contribution >= 4 is 17.6 Å². The van der Waals surface area contributed by atoms with E-state index >= 15 is 0 Å². The van der Waals surface area contributed by atoms with Crippen molar-refractivity contribution in [2.24, 2.45) is 5.92 Å². The third-order valence-corrected chi connectivity index (χ3v) is 2.20. The summed E-state index contributed by atoms with van der Waals surface area (Å²) in [5.41, 5.74) is 0.547. The molecular weight excluding hydrogens is 234 g/mol. The molecule has 5 heteroatoms. The van der Waals surface area contributed by atoms with Crippen molar-refractivity contribution in [3.05, 3.63) is 24.3 Å². The molecule has 98 valence electrons. The van der Waals surface area contributed by atoms with E-state index in [0.717, 1.165) is 0 Å². The van der Waals surface area contributed by atoms with Crippen LogP contribution in [0.25, 0.3) is 0 Å². The van der Waals surface area contributed by atoms with Gasteiger partial charge in [0.05, 0.1) is 18.7 Å². The predicted octanol–water partition coefficient (Wildman–Crippen LogP) is 1.83. The van der Waals surface area contributed by atoms with Crippen LogP contribution in [0.3, 0.4) is 0 Å². The van der Waals surface area contributed by atoms with Crippen molar-refractivity contribution in [1.29, 1.82) is 0 Å². The van der Waals surface area contributed by atoms with Gasteiger partial charge >= 0.3 is 5.97 Å². The number of hydrogen-bond donors (Lipinski definition) is 1.